The molecule has 1 saturated heterocycles. The number of rotatable bonds is 6. The zero-order valence-electron chi connectivity index (χ0n) is 21.0. The maximum Gasteiger partial charge on any atom is 0.293 e. The Labute approximate surface area is 228 Å². The SMILES string of the molecule is Cc1c(/C=C2/SC(=O)N(Cc3cccc4ccccc34)C2=O)c2ccccc2n1Cc1ccc([N+](=O)[O-])cc1. The molecule has 4 aromatic carbocycles. The van der Waals surface area contributed by atoms with E-state index in [2.05, 4.69) is 4.57 Å². The number of nitrogens with zero attached hydrogens (tertiary/aromatic N) is 3. The second-order valence-electron chi connectivity index (χ2n) is 9.43. The first-order valence-corrected chi connectivity index (χ1v) is 13.3. The van der Waals surface area contributed by atoms with E-state index in [1.807, 2.05) is 79.7 Å². The van der Waals surface area contributed by atoms with E-state index in [1.54, 1.807) is 12.1 Å². The minimum Gasteiger partial charge on any atom is -0.340 e. The van der Waals surface area contributed by atoms with Crippen LogP contribution in [0.25, 0.3) is 27.8 Å². The van der Waals surface area contributed by atoms with Gasteiger partial charge in [0.05, 0.1) is 16.4 Å². The van der Waals surface area contributed by atoms with E-state index >= 15 is 0 Å². The average molecular weight is 534 g/mol. The molecule has 1 fully saturated rings. The van der Waals surface area contributed by atoms with Gasteiger partial charge in [-0.1, -0.05) is 72.8 Å². The number of carbonyl (C=O) groups excluding carboxylic acids is 2. The van der Waals surface area contributed by atoms with Crippen molar-refractivity contribution in [2.75, 3.05) is 0 Å². The molecule has 0 saturated carbocycles. The van der Waals surface area contributed by atoms with Crippen molar-refractivity contribution in [1.82, 2.24) is 9.47 Å². The van der Waals surface area contributed by atoms with Crippen molar-refractivity contribution in [2.45, 2.75) is 20.0 Å². The Morgan fingerprint density at radius 2 is 1.54 bits per heavy atom. The zero-order valence-corrected chi connectivity index (χ0v) is 21.9. The van der Waals surface area contributed by atoms with E-state index in [-0.39, 0.29) is 23.4 Å². The average Bonchev–Trinajstić information content (AvgIpc) is 3.36. The van der Waals surface area contributed by atoms with Crippen LogP contribution >= 0.6 is 11.8 Å². The highest BCUT2D eigenvalue weighted by Crippen LogP contribution is 2.37. The maximum absolute atomic E-state index is 13.4. The number of carbonyl (C=O) groups is 2. The van der Waals surface area contributed by atoms with Crippen LogP contribution in [0, 0.1) is 17.0 Å². The van der Waals surface area contributed by atoms with Crippen LogP contribution in [0.3, 0.4) is 0 Å². The zero-order chi connectivity index (χ0) is 27.1. The molecule has 0 radical (unpaired) electrons. The van der Waals surface area contributed by atoms with Crippen molar-refractivity contribution < 1.29 is 14.5 Å². The molecule has 6 rings (SSSR count). The molecule has 0 unspecified atom stereocenters. The van der Waals surface area contributed by atoms with Gasteiger partial charge in [-0.15, -0.1) is 0 Å². The third kappa shape index (κ3) is 4.49. The van der Waals surface area contributed by atoms with Gasteiger partial charge >= 0.3 is 0 Å². The molecule has 192 valence electrons. The number of hydrogen-bond donors (Lipinski definition) is 0. The fourth-order valence-corrected chi connectivity index (χ4v) is 5.94. The minimum absolute atomic E-state index is 0.0488. The number of benzene rings is 4. The Morgan fingerprint density at radius 3 is 2.31 bits per heavy atom. The van der Waals surface area contributed by atoms with Gasteiger partial charge in [0.1, 0.15) is 0 Å². The van der Waals surface area contributed by atoms with E-state index in [9.17, 15) is 19.7 Å². The van der Waals surface area contributed by atoms with Crippen molar-refractivity contribution in [3.8, 4) is 0 Å². The first-order valence-electron chi connectivity index (χ1n) is 12.4. The van der Waals surface area contributed by atoms with Gasteiger partial charge in [0.2, 0.25) is 0 Å². The summed E-state index contributed by atoms with van der Waals surface area (Å²) in [5.41, 5.74) is 4.69. The van der Waals surface area contributed by atoms with E-state index in [1.165, 1.54) is 17.0 Å². The lowest BCUT2D eigenvalue weighted by atomic mass is 10.0. The second kappa shape index (κ2) is 9.89. The summed E-state index contributed by atoms with van der Waals surface area (Å²) in [7, 11) is 0. The number of fused-ring (bicyclic) bond motifs is 2. The summed E-state index contributed by atoms with van der Waals surface area (Å²) in [6.07, 6.45) is 1.82. The lowest BCUT2D eigenvalue weighted by molar-refractivity contribution is -0.384. The smallest absolute Gasteiger partial charge is 0.293 e. The number of non-ortho nitro benzene ring substituents is 1. The summed E-state index contributed by atoms with van der Waals surface area (Å²) >= 11 is 0.962. The van der Waals surface area contributed by atoms with Gasteiger partial charge in [-0.05, 0) is 52.7 Å². The first kappa shape index (κ1) is 24.6. The van der Waals surface area contributed by atoms with Gasteiger partial charge in [0.15, 0.2) is 0 Å². The van der Waals surface area contributed by atoms with Crippen LogP contribution in [0.5, 0.6) is 0 Å². The fraction of sp³-hybridized carbons (Fsp3) is 0.0968. The number of nitro groups is 1. The molecule has 7 nitrogen and oxygen atoms in total. The molecule has 39 heavy (non-hydrogen) atoms. The van der Waals surface area contributed by atoms with Crippen LogP contribution in [0.4, 0.5) is 10.5 Å². The molecule has 0 N–H and O–H groups in total. The molecule has 5 aromatic rings. The van der Waals surface area contributed by atoms with Gasteiger partial charge in [-0.3, -0.25) is 24.6 Å². The number of amides is 2. The highest BCUT2D eigenvalue weighted by molar-refractivity contribution is 8.18. The largest absolute Gasteiger partial charge is 0.340 e. The lowest BCUT2D eigenvalue weighted by Gasteiger charge is -2.14. The highest BCUT2D eigenvalue weighted by atomic mass is 32.2. The van der Waals surface area contributed by atoms with Crippen molar-refractivity contribution in [1.29, 1.82) is 0 Å². The number of thioether (sulfide) groups is 1. The predicted octanol–water partition coefficient (Wildman–Crippen LogP) is 7.30. The van der Waals surface area contributed by atoms with Crippen molar-refractivity contribution >= 4 is 56.3 Å². The Balaban J connectivity index is 1.34. The maximum atomic E-state index is 13.4. The van der Waals surface area contributed by atoms with Gasteiger partial charge in [0.25, 0.3) is 16.8 Å². The van der Waals surface area contributed by atoms with Crippen molar-refractivity contribution in [2.24, 2.45) is 0 Å². The lowest BCUT2D eigenvalue weighted by Crippen LogP contribution is -2.27. The monoisotopic (exact) mass is 533 g/mol. The molecule has 0 spiro atoms. The molecule has 0 atom stereocenters. The number of imide groups is 1. The Kier molecular flexibility index (Phi) is 6.24. The first-order chi connectivity index (χ1) is 18.9. The molecule has 1 aromatic heterocycles. The molecule has 1 aliphatic rings. The van der Waals surface area contributed by atoms with E-state index < -0.39 is 4.92 Å². The minimum atomic E-state index is -0.411. The molecule has 2 heterocycles. The number of aromatic nitrogens is 1. The summed E-state index contributed by atoms with van der Waals surface area (Å²) in [5.74, 6) is -0.301. The van der Waals surface area contributed by atoms with E-state index in [0.717, 1.165) is 55.8 Å². The summed E-state index contributed by atoms with van der Waals surface area (Å²) in [6, 6.07) is 28.3. The number of hydrogen-bond acceptors (Lipinski definition) is 5. The van der Waals surface area contributed by atoms with Crippen molar-refractivity contribution in [3.63, 3.8) is 0 Å². The topological polar surface area (TPSA) is 85.5 Å². The third-order valence-electron chi connectivity index (χ3n) is 7.12. The van der Waals surface area contributed by atoms with Crippen LogP contribution in [0.2, 0.25) is 0 Å². The predicted molar refractivity (Wildman–Crippen MR) is 154 cm³/mol. The molecule has 0 aliphatic carbocycles. The standard InChI is InChI=1S/C31H23N3O4S/c1-20-27(26-11-4-5-12-28(26)32(20)18-21-13-15-24(16-14-21)34(37)38)17-29-30(35)33(31(36)39-29)19-23-9-6-8-22-7-2-3-10-25(22)23/h2-17H,18-19H2,1H3/b29-17+. The van der Waals surface area contributed by atoms with E-state index in [0.29, 0.717) is 11.4 Å². The third-order valence-corrected chi connectivity index (χ3v) is 8.03. The molecular formula is C31H23N3O4S. The fourth-order valence-electron chi connectivity index (χ4n) is 5.12. The van der Waals surface area contributed by atoms with Crippen LogP contribution in [-0.4, -0.2) is 25.5 Å². The van der Waals surface area contributed by atoms with Gasteiger partial charge in [-0.25, -0.2) is 0 Å². The summed E-state index contributed by atoms with van der Waals surface area (Å²) in [5, 5.41) is 13.8. The summed E-state index contributed by atoms with van der Waals surface area (Å²) in [6.45, 7) is 2.71. The Hall–Kier alpha value is -4.69. The molecule has 1 aliphatic heterocycles. The van der Waals surface area contributed by atoms with E-state index in [4.69, 9.17) is 0 Å². The normalized spacial score (nSPS) is 14.7. The van der Waals surface area contributed by atoms with Crippen LogP contribution in [-0.2, 0) is 17.9 Å². The molecular weight excluding hydrogens is 510 g/mol. The number of nitro benzene ring substituents is 1. The molecule has 0 bridgehead atoms. The van der Waals surface area contributed by atoms with Gasteiger partial charge < -0.3 is 4.57 Å². The quantitative estimate of drug-likeness (QED) is 0.130. The van der Waals surface area contributed by atoms with Gasteiger partial charge in [0, 0.05) is 40.8 Å². The van der Waals surface area contributed by atoms with Crippen LogP contribution in [0.15, 0.2) is 95.9 Å². The van der Waals surface area contributed by atoms with Crippen molar-refractivity contribution in [3.05, 3.63) is 128 Å². The Bertz CT molecular complexity index is 1820. The van der Waals surface area contributed by atoms with Crippen LogP contribution < -0.4 is 0 Å². The summed E-state index contributed by atoms with van der Waals surface area (Å²) < 4.78 is 2.13. The van der Waals surface area contributed by atoms with Crippen LogP contribution in [0.1, 0.15) is 22.4 Å². The summed E-state index contributed by atoms with van der Waals surface area (Å²) in [4.78, 5) is 38.7. The highest BCUT2D eigenvalue weighted by Gasteiger charge is 2.35. The molecule has 2 amide bonds. The Morgan fingerprint density at radius 1 is 0.846 bits per heavy atom. The second-order valence-corrected chi connectivity index (χ2v) is 10.4. The molecule has 8 heteroatoms. The van der Waals surface area contributed by atoms with Gasteiger partial charge in [-0.2, -0.15) is 0 Å². The number of para-hydroxylation sites is 1.